The topological polar surface area (TPSA) is 34.1 Å². The van der Waals surface area contributed by atoms with E-state index in [0.717, 1.165) is 0 Å². The van der Waals surface area contributed by atoms with Gasteiger partial charge < -0.3 is 9.59 Å². The summed E-state index contributed by atoms with van der Waals surface area (Å²) < 4.78 is 0. The monoisotopic (exact) mass is 202 g/mol. The van der Waals surface area contributed by atoms with Crippen LogP contribution in [0.2, 0.25) is 26.2 Å². The molecule has 0 aliphatic heterocycles. The largest absolute Gasteiger partial charge is 0.306 e. The predicted molar refractivity (Wildman–Crippen MR) is 56.3 cm³/mol. The molecule has 0 unspecified atom stereocenters. The Labute approximate surface area is 76.2 Å². The van der Waals surface area contributed by atoms with E-state index in [1.54, 1.807) is 13.8 Å². The van der Waals surface area contributed by atoms with Crippen molar-refractivity contribution in [2.24, 2.45) is 0 Å². The van der Waals surface area contributed by atoms with Gasteiger partial charge in [-0.25, -0.2) is 0 Å². The van der Waals surface area contributed by atoms with Crippen molar-refractivity contribution in [3.63, 3.8) is 0 Å². The zero-order valence-corrected chi connectivity index (χ0v) is 10.8. The van der Waals surface area contributed by atoms with Crippen molar-refractivity contribution in [2.75, 3.05) is 0 Å². The first kappa shape index (κ1) is 11.8. The molecule has 0 aromatic carbocycles. The van der Waals surface area contributed by atoms with Crippen LogP contribution in [0.15, 0.2) is 0 Å². The van der Waals surface area contributed by atoms with Gasteiger partial charge in [-0.3, -0.25) is 0 Å². The Morgan fingerprint density at radius 1 is 0.750 bits per heavy atom. The fourth-order valence-corrected chi connectivity index (χ4v) is 7.92. The molecule has 0 aliphatic rings. The Bertz CT molecular complexity index is 195. The van der Waals surface area contributed by atoms with Crippen LogP contribution in [-0.4, -0.2) is 26.0 Å². The van der Waals surface area contributed by atoms with E-state index in [1.807, 2.05) is 26.2 Å². The lowest BCUT2D eigenvalue weighted by Crippen LogP contribution is -2.64. The summed E-state index contributed by atoms with van der Waals surface area (Å²) in [4.78, 5) is 22.7. The van der Waals surface area contributed by atoms with E-state index in [9.17, 15) is 9.59 Å². The lowest BCUT2D eigenvalue weighted by Gasteiger charge is -2.33. The van der Waals surface area contributed by atoms with Crippen molar-refractivity contribution in [1.29, 1.82) is 0 Å². The van der Waals surface area contributed by atoms with E-state index in [1.165, 1.54) is 0 Å². The SMILES string of the molecule is CC(=O)[Si](C)(C)[Si](C)(C)C(C)=O. The van der Waals surface area contributed by atoms with Crippen LogP contribution in [0, 0.1) is 0 Å². The molecule has 12 heavy (non-hydrogen) atoms. The van der Waals surface area contributed by atoms with Gasteiger partial charge in [0.1, 0.15) is 26.0 Å². The summed E-state index contributed by atoms with van der Waals surface area (Å²) in [7, 11) is -3.84. The van der Waals surface area contributed by atoms with Crippen LogP contribution in [0.4, 0.5) is 0 Å². The zero-order chi connectivity index (χ0) is 10.2. The molecule has 0 aliphatic carbocycles. The van der Waals surface area contributed by atoms with Gasteiger partial charge in [-0.05, 0) is 13.8 Å². The Morgan fingerprint density at radius 2 is 0.917 bits per heavy atom. The number of carbonyl (C=O) groups excluding carboxylic acids is 2. The molecular weight excluding hydrogens is 184 g/mol. The highest BCUT2D eigenvalue weighted by atomic mass is 29.3. The predicted octanol–water partition coefficient (Wildman–Crippen LogP) is 1.74. The first-order valence-corrected chi connectivity index (χ1v) is 11.2. The lowest BCUT2D eigenvalue weighted by molar-refractivity contribution is -0.112. The molecule has 0 aromatic heterocycles. The Kier molecular flexibility index (Phi) is 3.20. The maximum atomic E-state index is 11.4. The van der Waals surface area contributed by atoms with E-state index < -0.39 is 15.2 Å². The second-order valence-corrected chi connectivity index (χ2v) is 19.8. The maximum absolute atomic E-state index is 11.4. The summed E-state index contributed by atoms with van der Waals surface area (Å²) in [5.74, 6) is 0. The molecule has 0 saturated heterocycles. The standard InChI is InChI=1S/C8H18O2Si2/c1-7(9)11(3,4)12(5,6)8(2)10/h1-6H3. The maximum Gasteiger partial charge on any atom is 0.127 e. The summed E-state index contributed by atoms with van der Waals surface area (Å²) in [5.41, 5.74) is 0. The van der Waals surface area contributed by atoms with Gasteiger partial charge in [-0.15, -0.1) is 0 Å². The highest BCUT2D eigenvalue weighted by Gasteiger charge is 2.48. The zero-order valence-electron chi connectivity index (χ0n) is 8.82. The molecule has 0 N–H and O–H groups in total. The molecule has 4 heteroatoms. The average Bonchev–Trinajstić information content (AvgIpc) is 1.86. The molecule has 0 amide bonds. The van der Waals surface area contributed by atoms with Crippen molar-refractivity contribution < 1.29 is 9.59 Å². The smallest absolute Gasteiger partial charge is 0.127 e. The fraction of sp³-hybridized carbons (Fsp3) is 0.750. The van der Waals surface area contributed by atoms with Crippen molar-refractivity contribution in [3.05, 3.63) is 0 Å². The van der Waals surface area contributed by atoms with Crippen molar-refractivity contribution in [3.8, 4) is 0 Å². The number of rotatable bonds is 3. The lowest BCUT2D eigenvalue weighted by atomic mass is 10.9. The van der Waals surface area contributed by atoms with Gasteiger partial charge in [-0.1, -0.05) is 26.2 Å². The van der Waals surface area contributed by atoms with Crippen LogP contribution < -0.4 is 0 Å². The van der Waals surface area contributed by atoms with E-state index >= 15 is 0 Å². The third-order valence-electron chi connectivity index (χ3n) is 3.32. The summed E-state index contributed by atoms with van der Waals surface area (Å²) in [6.45, 7) is 11.3. The molecule has 0 fully saturated rings. The molecule has 0 spiro atoms. The van der Waals surface area contributed by atoms with E-state index in [-0.39, 0.29) is 10.8 Å². The Morgan fingerprint density at radius 3 is 1.00 bits per heavy atom. The summed E-state index contributed by atoms with van der Waals surface area (Å²) in [6.07, 6.45) is 0. The number of hydrogen-bond donors (Lipinski definition) is 0. The third kappa shape index (κ3) is 1.74. The van der Waals surface area contributed by atoms with Gasteiger partial charge in [0.05, 0.1) is 0 Å². The van der Waals surface area contributed by atoms with Gasteiger partial charge in [0, 0.05) is 0 Å². The summed E-state index contributed by atoms with van der Waals surface area (Å²) in [6, 6.07) is 0. The van der Waals surface area contributed by atoms with Gasteiger partial charge >= 0.3 is 0 Å². The summed E-state index contributed by atoms with van der Waals surface area (Å²) >= 11 is 0. The second-order valence-electron chi connectivity index (χ2n) is 4.36. The molecule has 0 radical (unpaired) electrons. The van der Waals surface area contributed by atoms with Crippen LogP contribution in [0.25, 0.3) is 0 Å². The van der Waals surface area contributed by atoms with Crippen molar-refractivity contribution in [1.82, 2.24) is 0 Å². The van der Waals surface area contributed by atoms with Gasteiger partial charge in [0.25, 0.3) is 0 Å². The van der Waals surface area contributed by atoms with Gasteiger partial charge in [-0.2, -0.15) is 0 Å². The first-order chi connectivity index (χ1) is 5.14. The minimum Gasteiger partial charge on any atom is -0.306 e. The van der Waals surface area contributed by atoms with Crippen LogP contribution in [-0.2, 0) is 9.59 Å². The minimum atomic E-state index is -1.92. The van der Waals surface area contributed by atoms with Crippen LogP contribution in [0.5, 0.6) is 0 Å². The highest BCUT2D eigenvalue weighted by molar-refractivity contribution is 7.60. The average molecular weight is 202 g/mol. The fourth-order valence-electron chi connectivity index (χ4n) is 0.880. The Hall–Kier alpha value is -0.226. The molecule has 0 bridgehead atoms. The normalized spacial score (nSPS) is 12.8. The van der Waals surface area contributed by atoms with Crippen LogP contribution >= 0.6 is 0 Å². The highest BCUT2D eigenvalue weighted by Crippen LogP contribution is 2.20. The van der Waals surface area contributed by atoms with Crippen LogP contribution in [0.1, 0.15) is 13.8 Å². The van der Waals surface area contributed by atoms with Crippen molar-refractivity contribution >= 4 is 26.0 Å². The number of carbonyl (C=O) groups is 2. The minimum absolute atomic E-state index is 0.259. The Balaban J connectivity index is 5.01. The van der Waals surface area contributed by atoms with Gasteiger partial charge in [0.15, 0.2) is 0 Å². The molecular formula is C8H18O2Si2. The molecule has 0 saturated carbocycles. The first-order valence-electron chi connectivity index (χ1n) is 4.16. The number of hydrogen-bond acceptors (Lipinski definition) is 2. The third-order valence-corrected chi connectivity index (χ3v) is 21.5. The summed E-state index contributed by atoms with van der Waals surface area (Å²) in [5, 5.41) is 0.517. The molecule has 2 nitrogen and oxygen atoms in total. The van der Waals surface area contributed by atoms with Gasteiger partial charge in [0.2, 0.25) is 0 Å². The van der Waals surface area contributed by atoms with E-state index in [2.05, 4.69) is 0 Å². The molecule has 0 rings (SSSR count). The quantitative estimate of drug-likeness (QED) is 0.653. The molecule has 0 heterocycles. The van der Waals surface area contributed by atoms with Crippen molar-refractivity contribution in [2.45, 2.75) is 40.0 Å². The van der Waals surface area contributed by atoms with E-state index in [0.29, 0.717) is 0 Å². The molecule has 0 atom stereocenters. The van der Waals surface area contributed by atoms with E-state index in [4.69, 9.17) is 0 Å². The second kappa shape index (κ2) is 3.26. The molecule has 70 valence electrons. The molecule has 0 aromatic rings. The van der Waals surface area contributed by atoms with Crippen LogP contribution in [0.3, 0.4) is 0 Å².